The highest BCUT2D eigenvalue weighted by molar-refractivity contribution is 6.32. The van der Waals surface area contributed by atoms with E-state index in [1.807, 2.05) is 13.0 Å². The smallest absolute Gasteiger partial charge is 0.292 e. The molecule has 0 atom stereocenters. The maximum atomic E-state index is 6.07. The monoisotopic (exact) mass is 252 g/mol. The minimum Gasteiger partial charge on any atom is -0.495 e. The Labute approximate surface area is 104 Å². The van der Waals surface area contributed by atoms with E-state index in [1.54, 1.807) is 19.2 Å². The van der Waals surface area contributed by atoms with Gasteiger partial charge < -0.3 is 14.9 Å². The van der Waals surface area contributed by atoms with Gasteiger partial charge in [0.25, 0.3) is 6.01 Å². The first-order valence-corrected chi connectivity index (χ1v) is 5.62. The Hall–Kier alpha value is -1.68. The molecule has 0 radical (unpaired) electrons. The van der Waals surface area contributed by atoms with Gasteiger partial charge >= 0.3 is 0 Å². The predicted octanol–water partition coefficient (Wildman–Crippen LogP) is 3.15. The van der Waals surface area contributed by atoms with Crippen molar-refractivity contribution in [3.05, 3.63) is 29.0 Å². The van der Waals surface area contributed by atoms with E-state index in [4.69, 9.17) is 26.5 Å². The summed E-state index contributed by atoms with van der Waals surface area (Å²) in [6.45, 7) is 1.98. The average Bonchev–Trinajstić information content (AvgIpc) is 2.70. The van der Waals surface area contributed by atoms with Crippen molar-refractivity contribution in [2.24, 2.45) is 0 Å². The van der Waals surface area contributed by atoms with Crippen LogP contribution in [0, 0.1) is 0 Å². The van der Waals surface area contributed by atoms with Crippen LogP contribution in [-0.4, -0.2) is 12.1 Å². The molecule has 0 saturated heterocycles. The molecule has 0 saturated carbocycles. The molecular formula is C12H13ClN2O2. The molecule has 0 spiro atoms. The molecule has 1 heterocycles. The van der Waals surface area contributed by atoms with Crippen molar-refractivity contribution in [1.29, 1.82) is 0 Å². The standard InChI is InChI=1S/C12H13ClN2O2/c1-3-9-11(15-12(14)17-9)7-4-5-10(16-2)8(13)6-7/h4-6H,3H2,1-2H3,(H2,14,15). The number of anilines is 1. The van der Waals surface area contributed by atoms with Gasteiger partial charge in [-0.05, 0) is 18.2 Å². The molecule has 0 aliphatic rings. The molecule has 0 amide bonds. The highest BCUT2D eigenvalue weighted by atomic mass is 35.5. The topological polar surface area (TPSA) is 61.3 Å². The Kier molecular flexibility index (Phi) is 3.24. The van der Waals surface area contributed by atoms with Crippen molar-refractivity contribution < 1.29 is 9.15 Å². The van der Waals surface area contributed by atoms with Crippen LogP contribution in [0.15, 0.2) is 22.6 Å². The number of nitrogens with zero attached hydrogens (tertiary/aromatic N) is 1. The number of hydrogen-bond acceptors (Lipinski definition) is 4. The molecule has 0 aliphatic carbocycles. The fraction of sp³-hybridized carbons (Fsp3) is 0.250. The van der Waals surface area contributed by atoms with Crippen LogP contribution >= 0.6 is 11.6 Å². The Balaban J connectivity index is 2.49. The van der Waals surface area contributed by atoms with Crippen LogP contribution in [0.2, 0.25) is 5.02 Å². The second-order valence-electron chi connectivity index (χ2n) is 3.53. The summed E-state index contributed by atoms with van der Waals surface area (Å²) in [4.78, 5) is 4.16. The van der Waals surface area contributed by atoms with Crippen molar-refractivity contribution >= 4 is 17.6 Å². The van der Waals surface area contributed by atoms with E-state index in [0.29, 0.717) is 10.8 Å². The molecule has 5 heteroatoms. The maximum Gasteiger partial charge on any atom is 0.292 e. The third kappa shape index (κ3) is 2.22. The van der Waals surface area contributed by atoms with E-state index in [1.165, 1.54) is 0 Å². The zero-order chi connectivity index (χ0) is 12.4. The fourth-order valence-electron chi connectivity index (χ4n) is 1.65. The van der Waals surface area contributed by atoms with Gasteiger partial charge in [0.15, 0.2) is 0 Å². The molecule has 1 aromatic heterocycles. The largest absolute Gasteiger partial charge is 0.495 e. The summed E-state index contributed by atoms with van der Waals surface area (Å²) in [5.41, 5.74) is 7.15. The number of methoxy groups -OCH3 is 1. The molecular weight excluding hydrogens is 240 g/mol. The van der Waals surface area contributed by atoms with Crippen LogP contribution in [0.5, 0.6) is 5.75 Å². The second-order valence-corrected chi connectivity index (χ2v) is 3.93. The molecule has 17 heavy (non-hydrogen) atoms. The van der Waals surface area contributed by atoms with Gasteiger partial charge in [-0.2, -0.15) is 4.98 Å². The molecule has 1 aromatic carbocycles. The van der Waals surface area contributed by atoms with E-state index in [0.717, 1.165) is 23.4 Å². The predicted molar refractivity (Wildman–Crippen MR) is 67.3 cm³/mol. The van der Waals surface area contributed by atoms with E-state index < -0.39 is 0 Å². The molecule has 0 aliphatic heterocycles. The van der Waals surface area contributed by atoms with Crippen LogP contribution in [0.25, 0.3) is 11.3 Å². The number of rotatable bonds is 3. The van der Waals surface area contributed by atoms with Gasteiger partial charge in [-0.3, -0.25) is 0 Å². The lowest BCUT2D eigenvalue weighted by atomic mass is 10.1. The zero-order valence-corrected chi connectivity index (χ0v) is 10.4. The van der Waals surface area contributed by atoms with Crippen molar-refractivity contribution in [3.8, 4) is 17.0 Å². The summed E-state index contributed by atoms with van der Waals surface area (Å²) >= 11 is 6.07. The van der Waals surface area contributed by atoms with Crippen molar-refractivity contribution in [2.45, 2.75) is 13.3 Å². The SMILES string of the molecule is CCc1oc(N)nc1-c1ccc(OC)c(Cl)c1. The quantitative estimate of drug-likeness (QED) is 0.912. The van der Waals surface area contributed by atoms with Gasteiger partial charge in [0.05, 0.1) is 12.1 Å². The number of halogens is 1. The Morgan fingerprint density at radius 3 is 2.82 bits per heavy atom. The number of aryl methyl sites for hydroxylation is 1. The number of nitrogen functional groups attached to an aromatic ring is 1. The highest BCUT2D eigenvalue weighted by Crippen LogP contribution is 2.32. The number of oxazole rings is 1. The minimum atomic E-state index is 0.170. The second kappa shape index (κ2) is 4.67. The first-order chi connectivity index (χ1) is 8.15. The lowest BCUT2D eigenvalue weighted by Crippen LogP contribution is -1.88. The molecule has 0 fully saturated rings. The number of aromatic nitrogens is 1. The van der Waals surface area contributed by atoms with Gasteiger partial charge in [0.2, 0.25) is 0 Å². The molecule has 0 unspecified atom stereocenters. The maximum absolute atomic E-state index is 6.07. The summed E-state index contributed by atoms with van der Waals surface area (Å²) < 4.78 is 10.4. The number of benzene rings is 1. The van der Waals surface area contributed by atoms with Crippen LogP contribution in [0.1, 0.15) is 12.7 Å². The summed E-state index contributed by atoms with van der Waals surface area (Å²) in [6, 6.07) is 5.63. The number of nitrogens with two attached hydrogens (primary N) is 1. The zero-order valence-electron chi connectivity index (χ0n) is 9.66. The molecule has 2 N–H and O–H groups in total. The summed E-state index contributed by atoms with van der Waals surface area (Å²) in [5, 5.41) is 0.536. The number of ether oxygens (including phenoxy) is 1. The first-order valence-electron chi connectivity index (χ1n) is 5.24. The third-order valence-corrected chi connectivity index (χ3v) is 2.76. The van der Waals surface area contributed by atoms with Crippen LogP contribution in [0.3, 0.4) is 0 Å². The molecule has 0 bridgehead atoms. The lowest BCUT2D eigenvalue weighted by Gasteiger charge is -2.04. The average molecular weight is 253 g/mol. The lowest BCUT2D eigenvalue weighted by molar-refractivity contribution is 0.415. The highest BCUT2D eigenvalue weighted by Gasteiger charge is 2.13. The molecule has 2 aromatic rings. The summed E-state index contributed by atoms with van der Waals surface area (Å²) in [7, 11) is 1.58. The third-order valence-electron chi connectivity index (χ3n) is 2.46. The van der Waals surface area contributed by atoms with Crippen molar-refractivity contribution in [2.75, 3.05) is 12.8 Å². The van der Waals surface area contributed by atoms with Gasteiger partial charge in [0.1, 0.15) is 17.2 Å². The Bertz CT molecular complexity index is 537. The fourth-order valence-corrected chi connectivity index (χ4v) is 1.91. The molecule has 90 valence electrons. The Morgan fingerprint density at radius 1 is 1.47 bits per heavy atom. The van der Waals surface area contributed by atoms with Gasteiger partial charge in [-0.15, -0.1) is 0 Å². The van der Waals surface area contributed by atoms with E-state index in [2.05, 4.69) is 4.98 Å². The van der Waals surface area contributed by atoms with Gasteiger partial charge in [-0.1, -0.05) is 18.5 Å². The van der Waals surface area contributed by atoms with Crippen molar-refractivity contribution in [1.82, 2.24) is 4.98 Å². The van der Waals surface area contributed by atoms with E-state index in [-0.39, 0.29) is 6.01 Å². The van der Waals surface area contributed by atoms with Crippen LogP contribution < -0.4 is 10.5 Å². The van der Waals surface area contributed by atoms with E-state index >= 15 is 0 Å². The van der Waals surface area contributed by atoms with Crippen molar-refractivity contribution in [3.63, 3.8) is 0 Å². The first kappa shape index (κ1) is 11.8. The normalized spacial score (nSPS) is 10.5. The Morgan fingerprint density at radius 2 is 2.24 bits per heavy atom. The van der Waals surface area contributed by atoms with Gasteiger partial charge in [-0.25, -0.2) is 0 Å². The molecule has 2 rings (SSSR count). The summed E-state index contributed by atoms with van der Waals surface area (Å²) in [6.07, 6.45) is 0.725. The van der Waals surface area contributed by atoms with E-state index in [9.17, 15) is 0 Å². The molecule has 4 nitrogen and oxygen atoms in total. The number of hydrogen-bond donors (Lipinski definition) is 1. The summed E-state index contributed by atoms with van der Waals surface area (Å²) in [5.74, 6) is 1.38. The van der Waals surface area contributed by atoms with Crippen LogP contribution in [-0.2, 0) is 6.42 Å². The van der Waals surface area contributed by atoms with Crippen LogP contribution in [0.4, 0.5) is 6.01 Å². The van der Waals surface area contributed by atoms with Gasteiger partial charge in [0, 0.05) is 12.0 Å². The minimum absolute atomic E-state index is 0.170.